The van der Waals surface area contributed by atoms with Gasteiger partial charge in [-0.3, -0.25) is 14.0 Å². The molecule has 0 aliphatic carbocycles. The van der Waals surface area contributed by atoms with Gasteiger partial charge in [0.25, 0.3) is 11.5 Å². The molecule has 4 heterocycles. The zero-order valence-corrected chi connectivity index (χ0v) is 14.6. The van der Waals surface area contributed by atoms with Crippen LogP contribution in [0.2, 0.25) is 0 Å². The molecule has 1 aliphatic heterocycles. The number of hydrogen-bond donors (Lipinski definition) is 1. The van der Waals surface area contributed by atoms with Crippen molar-refractivity contribution in [3.8, 4) is 0 Å². The van der Waals surface area contributed by atoms with E-state index in [4.69, 9.17) is 0 Å². The predicted molar refractivity (Wildman–Crippen MR) is 95.2 cm³/mol. The second-order valence-electron chi connectivity index (χ2n) is 6.21. The van der Waals surface area contributed by atoms with E-state index in [0.717, 1.165) is 30.2 Å². The van der Waals surface area contributed by atoms with Gasteiger partial charge in [-0.05, 0) is 12.3 Å². The number of amides is 1. The zero-order valence-electron chi connectivity index (χ0n) is 13.8. The quantitative estimate of drug-likeness (QED) is 0.744. The molecule has 3 aromatic rings. The zero-order chi connectivity index (χ0) is 17.4. The summed E-state index contributed by atoms with van der Waals surface area (Å²) < 4.78 is 3.16. The second-order valence-corrected chi connectivity index (χ2v) is 7.08. The van der Waals surface area contributed by atoms with Crippen molar-refractivity contribution in [1.29, 1.82) is 0 Å². The summed E-state index contributed by atoms with van der Waals surface area (Å²) in [5.74, 6) is 0.196. The third-order valence-electron chi connectivity index (χ3n) is 4.48. The topological polar surface area (TPSA) is 84.5 Å². The number of imidazole rings is 1. The summed E-state index contributed by atoms with van der Waals surface area (Å²) >= 11 is 1.50. The predicted octanol–water partition coefficient (Wildman–Crippen LogP) is 0.746. The van der Waals surface area contributed by atoms with E-state index in [1.165, 1.54) is 16.0 Å². The van der Waals surface area contributed by atoms with Gasteiger partial charge in [0.15, 0.2) is 4.96 Å². The molecule has 8 nitrogen and oxygen atoms in total. The van der Waals surface area contributed by atoms with Crippen molar-refractivity contribution in [2.24, 2.45) is 13.0 Å². The first kappa shape index (κ1) is 15.8. The van der Waals surface area contributed by atoms with Gasteiger partial charge < -0.3 is 10.2 Å². The van der Waals surface area contributed by atoms with Crippen LogP contribution in [0.1, 0.15) is 16.9 Å². The van der Waals surface area contributed by atoms with Gasteiger partial charge in [0.2, 0.25) is 0 Å². The monoisotopic (exact) mass is 358 g/mol. The fourth-order valence-corrected chi connectivity index (χ4v) is 3.73. The molecule has 3 aromatic heterocycles. The van der Waals surface area contributed by atoms with Crippen molar-refractivity contribution in [2.75, 3.05) is 24.5 Å². The number of carbonyl (C=O) groups excluding carboxylic acids is 1. The molecule has 4 rings (SSSR count). The SMILES string of the molecule is Cn1ncc(N2CCC(CNC(=O)c3cn4ccsc4n3)C2)cc1=O. The van der Waals surface area contributed by atoms with Crippen molar-refractivity contribution in [1.82, 2.24) is 24.5 Å². The van der Waals surface area contributed by atoms with Crippen LogP contribution < -0.4 is 15.8 Å². The number of fused-ring (bicyclic) bond motifs is 1. The Morgan fingerprint density at radius 3 is 3.16 bits per heavy atom. The highest BCUT2D eigenvalue weighted by atomic mass is 32.1. The summed E-state index contributed by atoms with van der Waals surface area (Å²) in [6, 6.07) is 1.60. The molecule has 0 spiro atoms. The van der Waals surface area contributed by atoms with Crippen molar-refractivity contribution in [2.45, 2.75) is 6.42 Å². The first-order valence-corrected chi connectivity index (χ1v) is 8.97. The number of thiazole rings is 1. The molecule has 1 N–H and O–H groups in total. The highest BCUT2D eigenvalue weighted by Gasteiger charge is 2.24. The fourth-order valence-electron chi connectivity index (χ4n) is 3.03. The normalized spacial score (nSPS) is 17.3. The largest absolute Gasteiger partial charge is 0.370 e. The van der Waals surface area contributed by atoms with E-state index in [-0.39, 0.29) is 11.5 Å². The van der Waals surface area contributed by atoms with Crippen molar-refractivity contribution in [3.05, 3.63) is 46.1 Å². The van der Waals surface area contributed by atoms with Gasteiger partial charge >= 0.3 is 0 Å². The van der Waals surface area contributed by atoms with E-state index in [1.54, 1.807) is 25.5 Å². The molecule has 9 heteroatoms. The van der Waals surface area contributed by atoms with Crippen molar-refractivity contribution >= 4 is 27.9 Å². The number of rotatable bonds is 4. The minimum atomic E-state index is -0.149. The van der Waals surface area contributed by atoms with Crippen molar-refractivity contribution < 1.29 is 4.79 Å². The smallest absolute Gasteiger partial charge is 0.271 e. The summed E-state index contributed by atoms with van der Waals surface area (Å²) in [5.41, 5.74) is 1.16. The Labute approximate surface area is 147 Å². The Balaban J connectivity index is 1.34. The average molecular weight is 358 g/mol. The molecule has 1 saturated heterocycles. The Bertz CT molecular complexity index is 946. The van der Waals surface area contributed by atoms with Crippen LogP contribution in [0.3, 0.4) is 0 Å². The number of anilines is 1. The molecule has 130 valence electrons. The number of aryl methyl sites for hydroxylation is 1. The van der Waals surface area contributed by atoms with Crippen LogP contribution in [0.25, 0.3) is 4.96 Å². The maximum absolute atomic E-state index is 12.3. The van der Waals surface area contributed by atoms with E-state index in [9.17, 15) is 9.59 Å². The fraction of sp³-hybridized carbons (Fsp3) is 0.375. The summed E-state index contributed by atoms with van der Waals surface area (Å²) in [7, 11) is 1.63. The first-order chi connectivity index (χ1) is 12.1. The maximum Gasteiger partial charge on any atom is 0.271 e. The van der Waals surface area contributed by atoms with Gasteiger partial charge in [0.05, 0.1) is 11.9 Å². The number of carbonyl (C=O) groups is 1. The minimum Gasteiger partial charge on any atom is -0.370 e. The summed E-state index contributed by atoms with van der Waals surface area (Å²) in [6.07, 6.45) is 6.30. The number of aromatic nitrogens is 4. The Morgan fingerprint density at radius 1 is 1.48 bits per heavy atom. The highest BCUT2D eigenvalue weighted by molar-refractivity contribution is 7.15. The molecule has 25 heavy (non-hydrogen) atoms. The molecule has 0 aromatic carbocycles. The van der Waals surface area contributed by atoms with Crippen LogP contribution in [-0.4, -0.2) is 44.7 Å². The van der Waals surface area contributed by atoms with E-state index >= 15 is 0 Å². The summed E-state index contributed by atoms with van der Waals surface area (Å²) in [6.45, 7) is 2.25. The van der Waals surface area contributed by atoms with Crippen molar-refractivity contribution in [3.63, 3.8) is 0 Å². The Morgan fingerprint density at radius 2 is 2.36 bits per heavy atom. The lowest BCUT2D eigenvalue weighted by Crippen LogP contribution is -2.31. The van der Waals surface area contributed by atoms with Crippen LogP contribution in [0, 0.1) is 5.92 Å². The summed E-state index contributed by atoms with van der Waals surface area (Å²) in [5, 5.41) is 8.96. The lowest BCUT2D eigenvalue weighted by Gasteiger charge is -2.18. The lowest BCUT2D eigenvalue weighted by atomic mass is 10.1. The van der Waals surface area contributed by atoms with Gasteiger partial charge in [-0.15, -0.1) is 11.3 Å². The van der Waals surface area contributed by atoms with E-state index in [0.29, 0.717) is 18.2 Å². The molecule has 1 amide bonds. The van der Waals surface area contributed by atoms with Crippen LogP contribution in [0.4, 0.5) is 5.69 Å². The highest BCUT2D eigenvalue weighted by Crippen LogP contribution is 2.21. The van der Waals surface area contributed by atoms with Gasteiger partial charge in [0.1, 0.15) is 5.69 Å². The molecule has 0 bridgehead atoms. The molecular weight excluding hydrogens is 340 g/mol. The maximum atomic E-state index is 12.3. The summed E-state index contributed by atoms with van der Waals surface area (Å²) in [4.78, 5) is 31.2. The minimum absolute atomic E-state index is 0.117. The molecule has 1 aliphatic rings. The van der Waals surface area contributed by atoms with Crippen LogP contribution in [0.15, 0.2) is 34.8 Å². The third kappa shape index (κ3) is 3.14. The number of nitrogens with one attached hydrogen (secondary N) is 1. The van der Waals surface area contributed by atoms with E-state index in [1.807, 2.05) is 16.0 Å². The molecule has 0 saturated carbocycles. The first-order valence-electron chi connectivity index (χ1n) is 8.09. The standard InChI is InChI=1S/C16H18N6O2S/c1-20-14(23)6-12(8-18-20)21-3-2-11(9-21)7-17-15(24)13-10-22-4-5-25-16(22)19-13/h4-6,8,10-11H,2-3,7,9H2,1H3,(H,17,24). The molecule has 1 atom stereocenters. The van der Waals surface area contributed by atoms with E-state index < -0.39 is 0 Å². The second kappa shape index (κ2) is 6.32. The Hall–Kier alpha value is -2.68. The number of hydrogen-bond acceptors (Lipinski definition) is 6. The van der Waals surface area contributed by atoms with E-state index in [2.05, 4.69) is 20.3 Å². The van der Waals surface area contributed by atoms with Crippen LogP contribution in [0.5, 0.6) is 0 Å². The molecule has 1 fully saturated rings. The Kier molecular flexibility index (Phi) is 4.00. The van der Waals surface area contributed by atoms with Gasteiger partial charge in [-0.25, -0.2) is 9.67 Å². The molecule has 0 radical (unpaired) electrons. The van der Waals surface area contributed by atoms with Crippen LogP contribution in [-0.2, 0) is 7.05 Å². The third-order valence-corrected chi connectivity index (χ3v) is 5.25. The average Bonchev–Trinajstić information content (AvgIpc) is 3.30. The van der Waals surface area contributed by atoms with Gasteiger partial charge in [-0.1, -0.05) is 0 Å². The molecule has 1 unspecified atom stereocenters. The lowest BCUT2D eigenvalue weighted by molar-refractivity contribution is 0.0944. The van der Waals surface area contributed by atoms with Crippen LogP contribution >= 0.6 is 11.3 Å². The van der Waals surface area contributed by atoms with Gasteiger partial charge in [-0.2, -0.15) is 5.10 Å². The van der Waals surface area contributed by atoms with Gasteiger partial charge in [0, 0.05) is 50.5 Å². The molecular formula is C16H18N6O2S. The number of nitrogens with zero attached hydrogens (tertiary/aromatic N) is 5.